The second-order valence-electron chi connectivity index (χ2n) is 5.63. The molecule has 0 aliphatic heterocycles. The largest absolute Gasteiger partial charge is 0.921 e. The minimum atomic E-state index is -2.94. The zero-order valence-electron chi connectivity index (χ0n) is 14.3. The Hall–Kier alpha value is -2.07. The normalized spacial score (nSPS) is 12.0. The first-order valence-electron chi connectivity index (χ1n) is 7.73. The van der Waals surface area contributed by atoms with Crippen molar-refractivity contribution in [2.45, 2.75) is 12.5 Å². The van der Waals surface area contributed by atoms with Crippen molar-refractivity contribution >= 4 is 26.1 Å². The monoisotopic (exact) mass is 352 g/mol. The molecule has 0 fully saturated rings. The minimum absolute atomic E-state index is 0.497. The number of hydrogen-bond acceptors (Lipinski definition) is 4. The van der Waals surface area contributed by atoms with Crippen LogP contribution in [0, 0.1) is 0 Å². The van der Waals surface area contributed by atoms with Crippen LogP contribution >= 0.6 is 0 Å². The fourth-order valence-electron chi connectivity index (χ4n) is 2.14. The van der Waals surface area contributed by atoms with Crippen molar-refractivity contribution in [3.8, 4) is 0 Å². The quantitative estimate of drug-likeness (QED) is 0.253. The fraction of sp³-hybridized carbons (Fsp3) is 0.400. The number of aryl methyl sites for hydroxylation is 2. The van der Waals surface area contributed by atoms with Crippen LogP contribution in [0.5, 0.6) is 0 Å². The van der Waals surface area contributed by atoms with E-state index >= 15 is 0 Å². The Morgan fingerprint density at radius 1 is 1.25 bits per heavy atom. The van der Waals surface area contributed by atoms with Crippen LogP contribution in [0.25, 0.3) is 0 Å². The molecule has 2 aromatic rings. The molecule has 1 heterocycles. The Labute approximate surface area is 142 Å². The molecule has 0 amide bonds. The average Bonchev–Trinajstić information content (AvgIpc) is 2.89. The number of aromatic nitrogens is 2. The first kappa shape index (κ1) is 18.3. The van der Waals surface area contributed by atoms with Gasteiger partial charge in [-0.3, -0.25) is 4.43 Å². The van der Waals surface area contributed by atoms with Crippen molar-refractivity contribution in [2.24, 2.45) is 24.3 Å². The summed E-state index contributed by atoms with van der Waals surface area (Å²) < 4.78 is 8.71. The molecule has 0 bridgehead atoms. The number of rotatable bonds is 8. The summed E-state index contributed by atoms with van der Waals surface area (Å²) in [6.45, 7) is 0.718. The van der Waals surface area contributed by atoms with Gasteiger partial charge in [-0.05, 0) is 30.7 Å². The highest BCUT2D eigenvalue weighted by molar-refractivity contribution is 6.57. The van der Waals surface area contributed by atoms with Gasteiger partial charge in [-0.1, -0.05) is 5.11 Å². The molecule has 0 unspecified atom stereocenters. The van der Waals surface area contributed by atoms with Crippen LogP contribution in [-0.4, -0.2) is 36.6 Å². The molecule has 8 nitrogen and oxygen atoms in total. The van der Waals surface area contributed by atoms with Crippen molar-refractivity contribution in [1.29, 1.82) is 0 Å². The summed E-state index contributed by atoms with van der Waals surface area (Å²) >= 11 is 0. The summed E-state index contributed by atoms with van der Waals surface area (Å²) in [7, 11) is 2.36. The molecule has 0 saturated heterocycles. The predicted octanol–water partition coefficient (Wildman–Crippen LogP) is 1.10. The Morgan fingerprint density at radius 3 is 2.54 bits per heavy atom. The van der Waals surface area contributed by atoms with E-state index in [2.05, 4.69) is 15.5 Å². The molecule has 1 aromatic carbocycles. The Balaban J connectivity index is 1.85. The third-order valence-corrected chi connectivity index (χ3v) is 5.40. The van der Waals surface area contributed by atoms with E-state index in [4.69, 9.17) is 14.0 Å². The lowest BCUT2D eigenvalue weighted by atomic mass is 10.3. The molecule has 5 N–H and O–H groups in total. The van der Waals surface area contributed by atoms with Crippen molar-refractivity contribution in [1.82, 2.24) is 4.57 Å². The van der Waals surface area contributed by atoms with Gasteiger partial charge < -0.3 is 14.9 Å². The lowest BCUT2D eigenvalue weighted by molar-refractivity contribution is -0.657. The number of azo groups is 1. The fourth-order valence-corrected chi connectivity index (χ4v) is 3.02. The molecule has 130 valence electrons. The van der Waals surface area contributed by atoms with E-state index in [1.165, 1.54) is 7.11 Å². The molecule has 0 saturated carbocycles. The van der Waals surface area contributed by atoms with Crippen LogP contribution < -0.4 is 9.88 Å². The highest BCUT2D eigenvalue weighted by Crippen LogP contribution is 2.19. The van der Waals surface area contributed by atoms with Crippen LogP contribution in [0.2, 0.25) is 6.04 Å². The highest BCUT2D eigenvalue weighted by Gasteiger charge is 2.53. The maximum atomic E-state index is 7.65. The van der Waals surface area contributed by atoms with Crippen LogP contribution in [-0.2, 0) is 18.5 Å². The molecule has 2 rings (SSSR count). The molecule has 1 aromatic heterocycles. The van der Waals surface area contributed by atoms with E-state index in [0.717, 1.165) is 30.3 Å². The third-order valence-electron chi connectivity index (χ3n) is 3.65. The van der Waals surface area contributed by atoms with Gasteiger partial charge in [0.1, 0.15) is 11.7 Å². The van der Waals surface area contributed by atoms with Gasteiger partial charge in [0.25, 0.3) is 0 Å². The van der Waals surface area contributed by atoms with Crippen molar-refractivity contribution in [3.05, 3.63) is 36.7 Å². The van der Waals surface area contributed by atoms with E-state index in [1.54, 1.807) is 0 Å². The zero-order chi connectivity index (χ0) is 17.6. The SMILES string of the molecule is CO[Si]([OH2+])([OH2+])CCCNc1ccc(N=Nc2n(C)cc[n+]2C)cc1. The van der Waals surface area contributed by atoms with Gasteiger partial charge in [-0.15, -0.1) is 0 Å². The highest BCUT2D eigenvalue weighted by atomic mass is 28.4. The Morgan fingerprint density at radius 2 is 1.96 bits per heavy atom. The number of nitrogens with zero attached hydrogens (tertiary/aromatic N) is 4. The number of hydrogen-bond donors (Lipinski definition) is 1. The average molecular weight is 352 g/mol. The minimum Gasteiger partial charge on any atom is -0.456 e. The van der Waals surface area contributed by atoms with Gasteiger partial charge >= 0.3 is 14.8 Å². The first-order chi connectivity index (χ1) is 11.4. The molecular weight excluding hydrogens is 326 g/mol. The second-order valence-corrected chi connectivity index (χ2v) is 8.19. The van der Waals surface area contributed by atoms with Gasteiger partial charge in [0, 0.05) is 24.5 Å². The van der Waals surface area contributed by atoms with Gasteiger partial charge in [0.05, 0.1) is 26.5 Å². The van der Waals surface area contributed by atoms with Gasteiger partial charge in [-0.25, -0.2) is 9.13 Å². The molecule has 0 radical (unpaired) electrons. The van der Waals surface area contributed by atoms with E-state index in [9.17, 15) is 0 Å². The van der Waals surface area contributed by atoms with Crippen LogP contribution in [0.15, 0.2) is 46.9 Å². The molecule has 9 heteroatoms. The maximum absolute atomic E-state index is 7.65. The summed E-state index contributed by atoms with van der Waals surface area (Å²) in [5.74, 6) is 0.772. The van der Waals surface area contributed by atoms with E-state index in [0.29, 0.717) is 6.04 Å². The number of imidazole rings is 1. The first-order valence-corrected chi connectivity index (χ1v) is 9.84. The van der Waals surface area contributed by atoms with Crippen molar-refractivity contribution in [3.63, 3.8) is 0 Å². The summed E-state index contributed by atoms with van der Waals surface area (Å²) in [5, 5.41) is 11.8. The lowest BCUT2D eigenvalue weighted by Crippen LogP contribution is -2.37. The van der Waals surface area contributed by atoms with Crippen molar-refractivity contribution < 1.29 is 18.6 Å². The molecular formula is C15H26N5O3Si+3. The molecule has 0 aliphatic rings. The van der Waals surface area contributed by atoms with Crippen LogP contribution in [0.3, 0.4) is 0 Å². The van der Waals surface area contributed by atoms with Crippen LogP contribution in [0.4, 0.5) is 17.3 Å². The predicted molar refractivity (Wildman–Crippen MR) is 95.1 cm³/mol. The Kier molecular flexibility index (Phi) is 6.21. The number of benzene rings is 1. The van der Waals surface area contributed by atoms with E-state index in [-0.39, 0.29) is 0 Å². The second kappa shape index (κ2) is 8.15. The number of nitrogens with one attached hydrogen (secondary N) is 1. The standard InChI is InChI=1S/C15H23N5O3Si/c1-19-10-11-20(2)15(19)18-17-14-7-5-13(6-8-14)16-9-4-12-24(21,22)23-3/h5-8,10-11,21-22H,4,9,12H2,1-3H3/p+3. The molecule has 0 spiro atoms. The van der Waals surface area contributed by atoms with Gasteiger partial charge in [0.2, 0.25) is 0 Å². The summed E-state index contributed by atoms with van der Waals surface area (Å²) in [6.07, 6.45) is 4.60. The lowest BCUT2D eigenvalue weighted by Gasteiger charge is -2.06. The summed E-state index contributed by atoms with van der Waals surface area (Å²) in [5.41, 5.74) is 1.77. The van der Waals surface area contributed by atoms with Crippen LogP contribution in [0.1, 0.15) is 6.42 Å². The third kappa shape index (κ3) is 5.23. The molecule has 0 atom stereocenters. The molecule has 24 heavy (non-hydrogen) atoms. The van der Waals surface area contributed by atoms with Gasteiger partial charge in [0.15, 0.2) is 0 Å². The smallest absolute Gasteiger partial charge is 0.456 e. The number of anilines is 1. The van der Waals surface area contributed by atoms with E-state index in [1.807, 2.05) is 59.9 Å². The Bertz CT molecular complexity index is 665. The maximum Gasteiger partial charge on any atom is 0.921 e. The summed E-state index contributed by atoms with van der Waals surface area (Å²) in [4.78, 5) is 15.3. The molecule has 0 aliphatic carbocycles. The van der Waals surface area contributed by atoms with Crippen molar-refractivity contribution in [2.75, 3.05) is 19.0 Å². The zero-order valence-corrected chi connectivity index (χ0v) is 15.3. The topological polar surface area (TPSA) is 101 Å². The van der Waals surface area contributed by atoms with Gasteiger partial charge in [-0.2, -0.15) is 0 Å². The van der Waals surface area contributed by atoms with E-state index < -0.39 is 8.80 Å². The summed E-state index contributed by atoms with van der Waals surface area (Å²) in [6, 6.07) is 8.19.